The zero-order valence-corrected chi connectivity index (χ0v) is 9.91. The SMILES string of the molecule is Oc1ccccc1-n1nc(Cl)c2c1CNCC2. The van der Waals surface area contributed by atoms with E-state index in [0.717, 1.165) is 30.8 Å². The molecule has 0 spiro atoms. The van der Waals surface area contributed by atoms with Crippen LogP contribution in [-0.2, 0) is 13.0 Å². The van der Waals surface area contributed by atoms with Gasteiger partial charge in [-0.1, -0.05) is 23.7 Å². The first-order chi connectivity index (χ1) is 8.27. The molecule has 0 fully saturated rings. The van der Waals surface area contributed by atoms with E-state index in [1.807, 2.05) is 12.1 Å². The summed E-state index contributed by atoms with van der Waals surface area (Å²) in [6.07, 6.45) is 0.877. The van der Waals surface area contributed by atoms with Crippen LogP contribution in [0.5, 0.6) is 5.75 Å². The highest BCUT2D eigenvalue weighted by atomic mass is 35.5. The highest BCUT2D eigenvalue weighted by Crippen LogP contribution is 2.28. The van der Waals surface area contributed by atoms with Gasteiger partial charge in [0.15, 0.2) is 5.15 Å². The van der Waals surface area contributed by atoms with Gasteiger partial charge in [-0.25, -0.2) is 4.68 Å². The van der Waals surface area contributed by atoms with Gasteiger partial charge in [-0.2, -0.15) is 5.10 Å². The van der Waals surface area contributed by atoms with Gasteiger partial charge in [0.25, 0.3) is 0 Å². The highest BCUT2D eigenvalue weighted by Gasteiger charge is 2.21. The minimum atomic E-state index is 0.208. The summed E-state index contributed by atoms with van der Waals surface area (Å²) in [4.78, 5) is 0. The predicted octanol–water partition coefficient (Wildman–Crippen LogP) is 1.88. The number of nitrogens with one attached hydrogen (secondary N) is 1. The molecule has 0 amide bonds. The molecule has 0 radical (unpaired) electrons. The molecular weight excluding hydrogens is 238 g/mol. The molecule has 0 bridgehead atoms. The lowest BCUT2D eigenvalue weighted by atomic mass is 10.1. The van der Waals surface area contributed by atoms with Gasteiger partial charge in [-0.3, -0.25) is 0 Å². The van der Waals surface area contributed by atoms with Crippen LogP contribution in [0.1, 0.15) is 11.3 Å². The van der Waals surface area contributed by atoms with E-state index >= 15 is 0 Å². The van der Waals surface area contributed by atoms with Crippen LogP contribution in [0.25, 0.3) is 5.69 Å². The second-order valence-corrected chi connectivity index (χ2v) is 4.40. The fourth-order valence-electron chi connectivity index (χ4n) is 2.15. The van der Waals surface area contributed by atoms with E-state index in [0.29, 0.717) is 10.8 Å². The fraction of sp³-hybridized carbons (Fsp3) is 0.250. The number of aromatic nitrogens is 2. The molecule has 5 heteroatoms. The first-order valence-corrected chi connectivity index (χ1v) is 5.90. The normalized spacial score (nSPS) is 14.6. The highest BCUT2D eigenvalue weighted by molar-refractivity contribution is 6.30. The Hall–Kier alpha value is -1.52. The first kappa shape index (κ1) is 10.6. The van der Waals surface area contributed by atoms with E-state index in [1.54, 1.807) is 16.8 Å². The Kier molecular flexibility index (Phi) is 2.53. The standard InChI is InChI=1S/C12H12ClN3O/c13-12-8-5-6-14-7-10(8)16(15-12)9-3-1-2-4-11(9)17/h1-4,14,17H,5-7H2. The van der Waals surface area contributed by atoms with E-state index in [2.05, 4.69) is 10.4 Å². The maximum atomic E-state index is 9.85. The molecule has 2 N–H and O–H groups in total. The molecule has 2 heterocycles. The Morgan fingerprint density at radius 2 is 2.18 bits per heavy atom. The lowest BCUT2D eigenvalue weighted by Crippen LogP contribution is -2.25. The zero-order valence-electron chi connectivity index (χ0n) is 9.15. The quantitative estimate of drug-likeness (QED) is 0.811. The zero-order chi connectivity index (χ0) is 11.8. The molecule has 17 heavy (non-hydrogen) atoms. The van der Waals surface area contributed by atoms with Crippen molar-refractivity contribution in [1.29, 1.82) is 0 Å². The van der Waals surface area contributed by atoms with Crippen molar-refractivity contribution in [2.75, 3.05) is 6.54 Å². The van der Waals surface area contributed by atoms with Crippen LogP contribution < -0.4 is 5.32 Å². The number of hydrogen-bond acceptors (Lipinski definition) is 3. The minimum absolute atomic E-state index is 0.208. The molecule has 4 nitrogen and oxygen atoms in total. The van der Waals surface area contributed by atoms with Gasteiger partial charge in [0, 0.05) is 12.1 Å². The second-order valence-electron chi connectivity index (χ2n) is 4.04. The molecule has 0 atom stereocenters. The average Bonchev–Trinajstić information content (AvgIpc) is 2.68. The Labute approximate surface area is 104 Å². The number of phenolic OH excluding ortho intramolecular Hbond substituents is 1. The van der Waals surface area contributed by atoms with Gasteiger partial charge in [-0.15, -0.1) is 0 Å². The summed E-state index contributed by atoms with van der Waals surface area (Å²) in [6.45, 7) is 1.64. The van der Waals surface area contributed by atoms with Gasteiger partial charge >= 0.3 is 0 Å². The van der Waals surface area contributed by atoms with Crippen LogP contribution in [0, 0.1) is 0 Å². The van der Waals surface area contributed by atoms with Gasteiger partial charge in [-0.05, 0) is 25.1 Å². The number of para-hydroxylation sites is 2. The van der Waals surface area contributed by atoms with Crippen LogP contribution in [0.15, 0.2) is 24.3 Å². The maximum Gasteiger partial charge on any atom is 0.155 e. The lowest BCUT2D eigenvalue weighted by Gasteiger charge is -2.15. The largest absolute Gasteiger partial charge is 0.506 e. The van der Waals surface area contributed by atoms with Crippen molar-refractivity contribution in [2.24, 2.45) is 0 Å². The Bertz CT molecular complexity index is 565. The predicted molar refractivity (Wildman–Crippen MR) is 65.6 cm³/mol. The summed E-state index contributed by atoms with van der Waals surface area (Å²) >= 11 is 6.12. The smallest absolute Gasteiger partial charge is 0.155 e. The molecule has 2 aromatic rings. The summed E-state index contributed by atoms with van der Waals surface area (Å²) < 4.78 is 1.72. The molecule has 1 aromatic heterocycles. The van der Waals surface area contributed by atoms with Gasteiger partial charge in [0.05, 0.1) is 5.69 Å². The summed E-state index contributed by atoms with van der Waals surface area (Å²) in [6, 6.07) is 7.13. The van der Waals surface area contributed by atoms with Gasteiger partial charge in [0.1, 0.15) is 11.4 Å². The molecule has 0 unspecified atom stereocenters. The molecule has 0 saturated heterocycles. The van der Waals surface area contributed by atoms with E-state index in [-0.39, 0.29) is 5.75 Å². The van der Waals surface area contributed by atoms with Crippen LogP contribution in [0.2, 0.25) is 5.15 Å². The monoisotopic (exact) mass is 249 g/mol. The van der Waals surface area contributed by atoms with Crippen molar-refractivity contribution in [3.05, 3.63) is 40.7 Å². The van der Waals surface area contributed by atoms with Crippen LogP contribution in [-0.4, -0.2) is 21.4 Å². The lowest BCUT2D eigenvalue weighted by molar-refractivity contribution is 0.468. The Morgan fingerprint density at radius 3 is 3.00 bits per heavy atom. The second kappa shape index (κ2) is 4.05. The van der Waals surface area contributed by atoms with Gasteiger partial charge < -0.3 is 10.4 Å². The number of aromatic hydroxyl groups is 1. The van der Waals surface area contributed by atoms with E-state index in [9.17, 15) is 5.11 Å². The van der Waals surface area contributed by atoms with Crippen molar-refractivity contribution in [1.82, 2.24) is 15.1 Å². The third-order valence-electron chi connectivity index (χ3n) is 2.99. The molecular formula is C12H12ClN3O. The van der Waals surface area contributed by atoms with E-state index < -0.39 is 0 Å². The van der Waals surface area contributed by atoms with Crippen molar-refractivity contribution in [3.63, 3.8) is 0 Å². The Balaban J connectivity index is 2.19. The molecule has 1 aliphatic heterocycles. The van der Waals surface area contributed by atoms with E-state index in [4.69, 9.17) is 11.6 Å². The molecule has 3 rings (SSSR count). The number of hydrogen-bond donors (Lipinski definition) is 2. The summed E-state index contributed by atoms with van der Waals surface area (Å²) in [5.74, 6) is 0.208. The number of phenols is 1. The Morgan fingerprint density at radius 1 is 1.35 bits per heavy atom. The van der Waals surface area contributed by atoms with E-state index in [1.165, 1.54) is 0 Å². The number of nitrogens with zero attached hydrogens (tertiary/aromatic N) is 2. The fourth-order valence-corrected chi connectivity index (χ4v) is 2.43. The average molecular weight is 250 g/mol. The van der Waals surface area contributed by atoms with Crippen molar-refractivity contribution in [3.8, 4) is 11.4 Å². The maximum absolute atomic E-state index is 9.85. The minimum Gasteiger partial charge on any atom is -0.506 e. The molecule has 0 saturated carbocycles. The molecule has 1 aromatic carbocycles. The molecule has 1 aliphatic rings. The van der Waals surface area contributed by atoms with Crippen LogP contribution >= 0.6 is 11.6 Å². The van der Waals surface area contributed by atoms with Crippen molar-refractivity contribution < 1.29 is 5.11 Å². The van der Waals surface area contributed by atoms with Gasteiger partial charge in [0.2, 0.25) is 0 Å². The summed E-state index contributed by atoms with van der Waals surface area (Å²) in [5.41, 5.74) is 2.77. The van der Waals surface area contributed by atoms with Crippen molar-refractivity contribution in [2.45, 2.75) is 13.0 Å². The number of fused-ring (bicyclic) bond motifs is 1. The van der Waals surface area contributed by atoms with Crippen LogP contribution in [0.4, 0.5) is 0 Å². The summed E-state index contributed by atoms with van der Waals surface area (Å²) in [7, 11) is 0. The third-order valence-corrected chi connectivity index (χ3v) is 3.30. The topological polar surface area (TPSA) is 50.1 Å². The van der Waals surface area contributed by atoms with Crippen molar-refractivity contribution >= 4 is 11.6 Å². The number of halogens is 1. The third kappa shape index (κ3) is 1.69. The first-order valence-electron chi connectivity index (χ1n) is 5.52. The number of benzene rings is 1. The van der Waals surface area contributed by atoms with Crippen LogP contribution in [0.3, 0.4) is 0 Å². The summed E-state index contributed by atoms with van der Waals surface area (Å²) in [5, 5.41) is 18.0. The molecule has 0 aliphatic carbocycles. The number of rotatable bonds is 1. The molecule has 88 valence electrons.